The van der Waals surface area contributed by atoms with Gasteiger partial charge in [-0.2, -0.15) is 0 Å². The van der Waals surface area contributed by atoms with Crippen LogP contribution in [-0.2, 0) is 14.3 Å². The Bertz CT molecular complexity index is 586. The van der Waals surface area contributed by atoms with Crippen molar-refractivity contribution in [2.45, 2.75) is 32.6 Å². The lowest BCUT2D eigenvalue weighted by molar-refractivity contribution is -0.140. The van der Waals surface area contributed by atoms with Crippen LogP contribution in [0.5, 0.6) is 5.75 Å². The van der Waals surface area contributed by atoms with Gasteiger partial charge in [0.05, 0.1) is 20.1 Å². The first kappa shape index (κ1) is 18.6. The highest BCUT2D eigenvalue weighted by Crippen LogP contribution is 2.15. The van der Waals surface area contributed by atoms with E-state index in [0.29, 0.717) is 25.9 Å². The van der Waals surface area contributed by atoms with Crippen LogP contribution in [0, 0.1) is 17.8 Å². The molecule has 0 radical (unpaired) electrons. The summed E-state index contributed by atoms with van der Waals surface area (Å²) in [6.45, 7) is 2.53. The molecule has 0 aliphatic carbocycles. The highest BCUT2D eigenvalue weighted by Gasteiger charge is 2.05. The van der Waals surface area contributed by atoms with Gasteiger partial charge in [0.25, 0.3) is 0 Å². The Morgan fingerprint density at radius 3 is 2.78 bits per heavy atom. The van der Waals surface area contributed by atoms with E-state index in [1.54, 1.807) is 0 Å². The molecule has 0 bridgehead atoms. The Kier molecular flexibility index (Phi) is 8.30. The quantitative estimate of drug-likeness (QED) is 0.589. The average Bonchev–Trinajstić information content (AvgIpc) is 2.55. The minimum atomic E-state index is -0.291. The van der Waals surface area contributed by atoms with E-state index >= 15 is 0 Å². The van der Waals surface area contributed by atoms with E-state index in [-0.39, 0.29) is 24.2 Å². The normalized spacial score (nSPS) is 11.0. The molecule has 0 saturated carbocycles. The summed E-state index contributed by atoms with van der Waals surface area (Å²) < 4.78 is 10.3. The third-order valence-electron chi connectivity index (χ3n) is 3.17. The maximum atomic E-state index is 11.0. The standard InChI is InChI=1S/C18H23NO4/c1-14(10-11-17(19)20)13-23-16-8-5-7-15(12-16)6-3-4-9-18(21)22-2/h5,7-8,12,14H,4,9-11,13H2,1-2H3,(H2,19,20)/t14-/m0/s1. The molecule has 0 unspecified atom stereocenters. The van der Waals surface area contributed by atoms with Crippen LogP contribution in [0.1, 0.15) is 38.2 Å². The van der Waals surface area contributed by atoms with Crippen molar-refractivity contribution in [3.8, 4) is 17.6 Å². The Balaban J connectivity index is 2.45. The van der Waals surface area contributed by atoms with Crippen molar-refractivity contribution in [3.63, 3.8) is 0 Å². The van der Waals surface area contributed by atoms with Crippen LogP contribution in [0.3, 0.4) is 0 Å². The van der Waals surface area contributed by atoms with E-state index in [4.69, 9.17) is 10.5 Å². The fraction of sp³-hybridized carbons (Fsp3) is 0.444. The zero-order chi connectivity index (χ0) is 17.1. The van der Waals surface area contributed by atoms with Gasteiger partial charge < -0.3 is 15.2 Å². The number of ether oxygens (including phenoxy) is 2. The zero-order valence-electron chi connectivity index (χ0n) is 13.6. The van der Waals surface area contributed by atoms with Crippen molar-refractivity contribution in [1.29, 1.82) is 0 Å². The molecule has 1 aromatic carbocycles. The minimum Gasteiger partial charge on any atom is -0.493 e. The summed E-state index contributed by atoms with van der Waals surface area (Å²) in [5.74, 6) is 6.35. The molecule has 0 heterocycles. The molecular formula is C18H23NO4. The van der Waals surface area contributed by atoms with Crippen LogP contribution in [0.25, 0.3) is 0 Å². The lowest BCUT2D eigenvalue weighted by Crippen LogP contribution is -2.15. The first-order valence-corrected chi connectivity index (χ1v) is 7.58. The van der Waals surface area contributed by atoms with Gasteiger partial charge in [0.2, 0.25) is 5.91 Å². The van der Waals surface area contributed by atoms with Crippen molar-refractivity contribution < 1.29 is 19.1 Å². The third-order valence-corrected chi connectivity index (χ3v) is 3.17. The van der Waals surface area contributed by atoms with Gasteiger partial charge in [-0.1, -0.05) is 24.8 Å². The second kappa shape index (κ2) is 10.3. The molecule has 2 N–H and O–H groups in total. The summed E-state index contributed by atoms with van der Waals surface area (Å²) in [6, 6.07) is 7.47. The van der Waals surface area contributed by atoms with Crippen LogP contribution < -0.4 is 10.5 Å². The Morgan fingerprint density at radius 1 is 1.30 bits per heavy atom. The van der Waals surface area contributed by atoms with Crippen molar-refractivity contribution in [3.05, 3.63) is 29.8 Å². The fourth-order valence-electron chi connectivity index (χ4n) is 1.81. The molecule has 0 aromatic heterocycles. The first-order chi connectivity index (χ1) is 11.0. The van der Waals surface area contributed by atoms with Crippen LogP contribution in [0.2, 0.25) is 0 Å². The van der Waals surface area contributed by atoms with Crippen molar-refractivity contribution >= 4 is 11.9 Å². The van der Waals surface area contributed by atoms with Gasteiger partial charge in [0, 0.05) is 18.4 Å². The van der Waals surface area contributed by atoms with Gasteiger partial charge in [-0.05, 0) is 30.5 Å². The zero-order valence-corrected chi connectivity index (χ0v) is 13.6. The number of carbonyl (C=O) groups is 2. The van der Waals surface area contributed by atoms with Crippen LogP contribution in [0.15, 0.2) is 24.3 Å². The predicted molar refractivity (Wildman–Crippen MR) is 87.7 cm³/mol. The third kappa shape index (κ3) is 8.52. The van der Waals surface area contributed by atoms with Crippen molar-refractivity contribution in [1.82, 2.24) is 0 Å². The van der Waals surface area contributed by atoms with Gasteiger partial charge >= 0.3 is 5.97 Å². The molecule has 23 heavy (non-hydrogen) atoms. The number of hydrogen-bond acceptors (Lipinski definition) is 4. The largest absolute Gasteiger partial charge is 0.493 e. The Morgan fingerprint density at radius 2 is 2.09 bits per heavy atom. The molecule has 124 valence electrons. The molecule has 0 spiro atoms. The second-order valence-corrected chi connectivity index (χ2v) is 5.33. The molecule has 1 amide bonds. The molecule has 0 aliphatic heterocycles. The van der Waals surface area contributed by atoms with E-state index in [1.807, 2.05) is 31.2 Å². The number of amides is 1. The predicted octanol–water partition coefficient (Wildman–Crippen LogP) is 2.27. The maximum Gasteiger partial charge on any atom is 0.306 e. The van der Waals surface area contributed by atoms with Crippen LogP contribution in [-0.4, -0.2) is 25.6 Å². The first-order valence-electron chi connectivity index (χ1n) is 7.58. The van der Waals surface area contributed by atoms with Gasteiger partial charge in [0.1, 0.15) is 5.75 Å². The molecule has 1 aromatic rings. The molecule has 5 nitrogen and oxygen atoms in total. The lowest BCUT2D eigenvalue weighted by atomic mass is 10.1. The Labute approximate surface area is 137 Å². The summed E-state index contributed by atoms with van der Waals surface area (Å²) in [7, 11) is 1.36. The van der Waals surface area contributed by atoms with E-state index in [2.05, 4.69) is 16.6 Å². The molecule has 0 saturated heterocycles. The monoisotopic (exact) mass is 317 g/mol. The van der Waals surface area contributed by atoms with Gasteiger partial charge in [-0.3, -0.25) is 9.59 Å². The number of hydrogen-bond donors (Lipinski definition) is 1. The van der Waals surface area contributed by atoms with E-state index < -0.39 is 0 Å². The SMILES string of the molecule is COC(=O)CCC#Cc1cccc(OC[C@@H](C)CCC(N)=O)c1. The number of esters is 1. The van der Waals surface area contributed by atoms with E-state index in [9.17, 15) is 9.59 Å². The number of nitrogens with two attached hydrogens (primary N) is 1. The average molecular weight is 317 g/mol. The van der Waals surface area contributed by atoms with Gasteiger partial charge in [-0.15, -0.1) is 0 Å². The summed E-state index contributed by atoms with van der Waals surface area (Å²) in [5.41, 5.74) is 5.96. The molecule has 0 fully saturated rings. The number of primary amides is 1. The lowest BCUT2D eigenvalue weighted by Gasteiger charge is -2.12. The topological polar surface area (TPSA) is 78.6 Å². The van der Waals surface area contributed by atoms with E-state index in [0.717, 1.165) is 11.3 Å². The maximum absolute atomic E-state index is 11.0. The highest BCUT2D eigenvalue weighted by molar-refractivity contribution is 5.73. The molecule has 1 rings (SSSR count). The minimum absolute atomic E-state index is 0.247. The number of benzene rings is 1. The van der Waals surface area contributed by atoms with Gasteiger partial charge in [0.15, 0.2) is 0 Å². The summed E-state index contributed by atoms with van der Waals surface area (Å²) in [4.78, 5) is 21.7. The number of rotatable bonds is 8. The molecule has 5 heteroatoms. The second-order valence-electron chi connectivity index (χ2n) is 5.33. The van der Waals surface area contributed by atoms with Crippen LogP contribution >= 0.6 is 0 Å². The van der Waals surface area contributed by atoms with Gasteiger partial charge in [-0.25, -0.2) is 0 Å². The van der Waals surface area contributed by atoms with E-state index in [1.165, 1.54) is 7.11 Å². The smallest absolute Gasteiger partial charge is 0.306 e. The number of carbonyl (C=O) groups excluding carboxylic acids is 2. The molecular weight excluding hydrogens is 294 g/mol. The number of methoxy groups -OCH3 is 1. The summed E-state index contributed by atoms with van der Waals surface area (Å²) in [6.07, 6.45) is 1.83. The van der Waals surface area contributed by atoms with Crippen molar-refractivity contribution in [2.24, 2.45) is 11.7 Å². The highest BCUT2D eigenvalue weighted by atomic mass is 16.5. The molecule has 1 atom stereocenters. The van der Waals surface area contributed by atoms with Crippen molar-refractivity contribution in [2.75, 3.05) is 13.7 Å². The van der Waals surface area contributed by atoms with Crippen LogP contribution in [0.4, 0.5) is 0 Å². The Hall–Kier alpha value is -2.48. The summed E-state index contributed by atoms with van der Waals surface area (Å²) in [5, 5.41) is 0. The molecule has 0 aliphatic rings. The summed E-state index contributed by atoms with van der Waals surface area (Å²) >= 11 is 0. The fourth-order valence-corrected chi connectivity index (χ4v) is 1.81.